The maximum absolute atomic E-state index is 12.6. The quantitative estimate of drug-likeness (QED) is 0.728. The number of nitrogens with zero attached hydrogens (tertiary/aromatic N) is 1. The molecule has 0 bridgehead atoms. The van der Waals surface area contributed by atoms with Gasteiger partial charge in [-0.15, -0.1) is 0 Å². The molecule has 3 aliphatic heterocycles. The summed E-state index contributed by atoms with van der Waals surface area (Å²) in [6.45, 7) is 9.71. The van der Waals surface area contributed by atoms with Crippen molar-refractivity contribution in [1.29, 1.82) is 0 Å². The van der Waals surface area contributed by atoms with Gasteiger partial charge in [0.15, 0.2) is 12.1 Å². The number of likely N-dealkylation sites (tertiary alicyclic amines) is 1. The molecule has 3 unspecified atom stereocenters. The largest absolute Gasteiger partial charge is 0.444 e. The van der Waals surface area contributed by atoms with Crippen LogP contribution in [0.25, 0.3) is 0 Å². The van der Waals surface area contributed by atoms with Gasteiger partial charge in [-0.1, -0.05) is 0 Å². The zero-order valence-electron chi connectivity index (χ0n) is 14.4. The lowest BCUT2D eigenvalue weighted by Crippen LogP contribution is -2.65. The molecule has 132 valence electrons. The molecule has 3 rings (SSSR count). The maximum atomic E-state index is 12.6. The summed E-state index contributed by atoms with van der Waals surface area (Å²) in [6, 6.07) is -0.311. The van der Waals surface area contributed by atoms with Crippen molar-refractivity contribution in [2.24, 2.45) is 0 Å². The van der Waals surface area contributed by atoms with Gasteiger partial charge in [0.25, 0.3) is 0 Å². The van der Waals surface area contributed by atoms with Gasteiger partial charge in [-0.2, -0.15) is 0 Å². The van der Waals surface area contributed by atoms with Crippen molar-refractivity contribution in [3.8, 4) is 0 Å². The smallest absolute Gasteiger partial charge is 0.410 e. The molecular formula is C16H27NO6. The number of aliphatic hydroxyl groups is 1. The molecule has 7 nitrogen and oxygen atoms in total. The van der Waals surface area contributed by atoms with E-state index >= 15 is 0 Å². The number of ether oxygens (including phenoxy) is 4. The molecule has 3 heterocycles. The lowest BCUT2D eigenvalue weighted by Gasteiger charge is -2.48. The predicted molar refractivity (Wildman–Crippen MR) is 80.7 cm³/mol. The normalized spacial score (nSPS) is 39.6. The van der Waals surface area contributed by atoms with Crippen LogP contribution in [0.1, 0.15) is 47.5 Å². The van der Waals surface area contributed by atoms with E-state index < -0.39 is 29.9 Å². The highest BCUT2D eigenvalue weighted by Gasteiger charge is 2.58. The van der Waals surface area contributed by atoms with Gasteiger partial charge in [-0.25, -0.2) is 4.79 Å². The fourth-order valence-electron chi connectivity index (χ4n) is 3.61. The van der Waals surface area contributed by atoms with Gasteiger partial charge in [0.2, 0.25) is 0 Å². The first kappa shape index (κ1) is 17.0. The molecule has 3 fully saturated rings. The standard InChI is InChI=1S/C16H27NO6/c1-15(2,3)23-14(19)17-8-6-7-9-10(17)11-12(13(18)20-9)22-16(4,5)21-11/h9-13,18H,6-8H2,1-5H3/t9-,10?,11?,12?,13+/m0/s1. The molecule has 0 aliphatic carbocycles. The molecule has 3 aliphatic rings. The Morgan fingerprint density at radius 2 is 1.91 bits per heavy atom. The van der Waals surface area contributed by atoms with E-state index in [1.165, 1.54) is 0 Å². The Bertz CT molecular complexity index is 474. The number of rotatable bonds is 0. The first-order chi connectivity index (χ1) is 10.6. The lowest BCUT2D eigenvalue weighted by molar-refractivity contribution is -0.252. The van der Waals surface area contributed by atoms with E-state index in [9.17, 15) is 9.90 Å². The van der Waals surface area contributed by atoms with Crippen molar-refractivity contribution < 1.29 is 28.8 Å². The molecule has 0 radical (unpaired) electrons. The fraction of sp³-hybridized carbons (Fsp3) is 0.938. The average molecular weight is 329 g/mol. The number of amides is 1. The SMILES string of the molecule is CC(C)(C)OC(=O)N1CCC[C@@H]2O[C@@H](O)C3OC(C)(C)OC3C21. The summed E-state index contributed by atoms with van der Waals surface area (Å²) in [5.74, 6) is -0.814. The van der Waals surface area contributed by atoms with Gasteiger partial charge in [0, 0.05) is 6.54 Å². The molecule has 0 saturated carbocycles. The van der Waals surface area contributed by atoms with E-state index in [-0.39, 0.29) is 18.2 Å². The van der Waals surface area contributed by atoms with Gasteiger partial charge in [-0.3, -0.25) is 4.90 Å². The van der Waals surface area contributed by atoms with E-state index in [2.05, 4.69) is 0 Å². The van der Waals surface area contributed by atoms with Crippen LogP contribution in [0.5, 0.6) is 0 Å². The summed E-state index contributed by atoms with van der Waals surface area (Å²) in [4.78, 5) is 14.3. The van der Waals surface area contributed by atoms with Gasteiger partial charge in [0.05, 0.1) is 12.1 Å². The third kappa shape index (κ3) is 3.33. The van der Waals surface area contributed by atoms with Crippen LogP contribution < -0.4 is 0 Å². The van der Waals surface area contributed by atoms with Crippen LogP contribution in [0.2, 0.25) is 0 Å². The highest BCUT2D eigenvalue weighted by atomic mass is 16.8. The molecule has 0 aromatic carbocycles. The van der Waals surface area contributed by atoms with Gasteiger partial charge < -0.3 is 24.1 Å². The fourth-order valence-corrected chi connectivity index (χ4v) is 3.61. The molecule has 1 N–H and O–H groups in total. The Labute approximate surface area is 136 Å². The summed E-state index contributed by atoms with van der Waals surface area (Å²) in [7, 11) is 0. The number of carbonyl (C=O) groups is 1. The van der Waals surface area contributed by atoms with Crippen LogP contribution in [0.3, 0.4) is 0 Å². The second-order valence-corrected chi connectivity index (χ2v) is 7.94. The van der Waals surface area contributed by atoms with Gasteiger partial charge >= 0.3 is 6.09 Å². The highest BCUT2D eigenvalue weighted by Crippen LogP contribution is 2.41. The van der Waals surface area contributed by atoms with E-state index in [4.69, 9.17) is 18.9 Å². The monoisotopic (exact) mass is 329 g/mol. The third-order valence-corrected chi connectivity index (χ3v) is 4.35. The van der Waals surface area contributed by atoms with E-state index in [0.717, 1.165) is 12.8 Å². The molecule has 0 aromatic heterocycles. The van der Waals surface area contributed by atoms with Crippen molar-refractivity contribution in [3.63, 3.8) is 0 Å². The van der Waals surface area contributed by atoms with Crippen molar-refractivity contribution in [2.45, 2.75) is 89.5 Å². The van der Waals surface area contributed by atoms with E-state index in [1.54, 1.807) is 18.7 Å². The molecule has 23 heavy (non-hydrogen) atoms. The van der Waals surface area contributed by atoms with Gasteiger partial charge in [-0.05, 0) is 47.5 Å². The zero-order valence-corrected chi connectivity index (χ0v) is 14.4. The first-order valence-electron chi connectivity index (χ1n) is 8.26. The average Bonchev–Trinajstić information content (AvgIpc) is 2.72. The molecule has 0 aromatic rings. The Hall–Kier alpha value is -0.890. The van der Waals surface area contributed by atoms with Crippen LogP contribution >= 0.6 is 0 Å². The zero-order chi connectivity index (χ0) is 17.0. The van der Waals surface area contributed by atoms with Gasteiger partial charge in [0.1, 0.15) is 17.8 Å². The lowest BCUT2D eigenvalue weighted by atomic mass is 9.89. The van der Waals surface area contributed by atoms with Crippen LogP contribution in [-0.2, 0) is 18.9 Å². The second kappa shape index (κ2) is 5.58. The second-order valence-electron chi connectivity index (χ2n) is 7.94. The Morgan fingerprint density at radius 3 is 2.57 bits per heavy atom. The molecule has 5 atom stereocenters. The minimum atomic E-state index is -1.04. The molecule has 1 amide bonds. The topological polar surface area (TPSA) is 77.5 Å². The number of piperidine rings is 1. The molecule has 3 saturated heterocycles. The summed E-state index contributed by atoms with van der Waals surface area (Å²) in [5.41, 5.74) is -0.565. The van der Waals surface area contributed by atoms with Crippen molar-refractivity contribution in [3.05, 3.63) is 0 Å². The number of fused-ring (bicyclic) bond motifs is 3. The molecular weight excluding hydrogens is 302 g/mol. The summed E-state index contributed by atoms with van der Waals surface area (Å²) in [5, 5.41) is 10.2. The van der Waals surface area contributed by atoms with Crippen molar-refractivity contribution in [2.75, 3.05) is 6.54 Å². The summed E-state index contributed by atoms with van der Waals surface area (Å²) < 4.78 is 23.0. The number of aliphatic hydroxyl groups excluding tert-OH is 1. The number of hydrogen-bond acceptors (Lipinski definition) is 6. The Morgan fingerprint density at radius 1 is 1.26 bits per heavy atom. The van der Waals surface area contributed by atoms with Crippen LogP contribution in [0, 0.1) is 0 Å². The Kier molecular flexibility index (Phi) is 4.11. The van der Waals surface area contributed by atoms with E-state index in [0.29, 0.717) is 6.54 Å². The first-order valence-corrected chi connectivity index (χ1v) is 8.26. The Balaban J connectivity index is 1.84. The maximum Gasteiger partial charge on any atom is 0.410 e. The highest BCUT2D eigenvalue weighted by molar-refractivity contribution is 5.69. The third-order valence-electron chi connectivity index (χ3n) is 4.35. The van der Waals surface area contributed by atoms with Crippen LogP contribution in [0.4, 0.5) is 4.79 Å². The number of carbonyl (C=O) groups excluding carboxylic acids is 1. The number of hydrogen-bond donors (Lipinski definition) is 1. The van der Waals surface area contributed by atoms with Crippen molar-refractivity contribution >= 4 is 6.09 Å². The minimum Gasteiger partial charge on any atom is -0.444 e. The molecule has 7 heteroatoms. The molecule has 0 spiro atoms. The summed E-state index contributed by atoms with van der Waals surface area (Å²) in [6.07, 6.45) is -1.14. The van der Waals surface area contributed by atoms with E-state index in [1.807, 2.05) is 20.8 Å². The van der Waals surface area contributed by atoms with Crippen LogP contribution in [0.15, 0.2) is 0 Å². The summed E-state index contributed by atoms with van der Waals surface area (Å²) >= 11 is 0. The predicted octanol–water partition coefficient (Wildman–Crippen LogP) is 1.62. The van der Waals surface area contributed by atoms with Crippen molar-refractivity contribution in [1.82, 2.24) is 4.90 Å². The van der Waals surface area contributed by atoms with Crippen LogP contribution in [-0.4, -0.2) is 64.7 Å². The minimum absolute atomic E-state index is 0.273.